The van der Waals surface area contributed by atoms with Crippen molar-refractivity contribution in [3.05, 3.63) is 0 Å². The molecule has 7 heteroatoms. The van der Waals surface area contributed by atoms with Gasteiger partial charge in [-0.05, 0) is 0 Å². The van der Waals surface area contributed by atoms with Gasteiger partial charge in [-0.3, -0.25) is 9.63 Å². The van der Waals surface area contributed by atoms with Gasteiger partial charge in [0.1, 0.15) is 0 Å². The number of carbonyl (C=O) groups excluding carboxylic acids is 1. The van der Waals surface area contributed by atoms with Crippen LogP contribution in [-0.2, 0) is 9.63 Å². The van der Waals surface area contributed by atoms with Crippen molar-refractivity contribution >= 4 is 5.91 Å². The lowest BCUT2D eigenvalue weighted by atomic mass is 10.3. The van der Waals surface area contributed by atoms with Gasteiger partial charge in [0.25, 0.3) is 0 Å². The van der Waals surface area contributed by atoms with Gasteiger partial charge in [-0.15, -0.1) is 0 Å². The molecule has 0 atom stereocenters. The average Bonchev–Trinajstić information content (AvgIpc) is 1.88. The van der Waals surface area contributed by atoms with Gasteiger partial charge in [0, 0.05) is 0 Å². The van der Waals surface area contributed by atoms with E-state index >= 15 is 0 Å². The van der Waals surface area contributed by atoms with Crippen LogP contribution >= 0.6 is 0 Å². The van der Waals surface area contributed by atoms with Crippen LogP contribution in [0.2, 0.25) is 0 Å². The average molecular weight is 175 g/mol. The van der Waals surface area contributed by atoms with Crippen LogP contribution in [0.15, 0.2) is 0 Å². The molecule has 0 fully saturated rings. The maximum absolute atomic E-state index is 11.9. The predicted octanol–water partition coefficient (Wildman–Crippen LogP) is 0.564. The Hall–Kier alpha value is -0.850. The molecule has 0 spiro atoms. The number of hydrogen-bond donors (Lipinski definition) is 1. The molecule has 0 aliphatic carbocycles. The van der Waals surface area contributed by atoms with Crippen LogP contribution in [0.3, 0.4) is 0 Å². The fourth-order valence-electron chi connectivity index (χ4n) is 0.260. The highest BCUT2D eigenvalue weighted by atomic mass is 19.3. The third kappa shape index (κ3) is 2.34. The minimum absolute atomic E-state index is 0.861. The molecule has 11 heavy (non-hydrogen) atoms. The van der Waals surface area contributed by atoms with E-state index in [-0.39, 0.29) is 0 Å². The van der Waals surface area contributed by atoms with Crippen molar-refractivity contribution in [3.63, 3.8) is 0 Å². The molecular weight excluding hydrogens is 170 g/mol. The second kappa shape index (κ2) is 3.51. The fraction of sp³-hybridized carbons (Fsp3) is 0.750. The van der Waals surface area contributed by atoms with E-state index in [1.54, 1.807) is 0 Å². The quantitative estimate of drug-likeness (QED) is 0.502. The minimum atomic E-state index is -4.70. The Labute approximate surface area is 59.3 Å². The van der Waals surface area contributed by atoms with Gasteiger partial charge in [-0.25, -0.2) is 14.3 Å². The van der Waals surface area contributed by atoms with Crippen LogP contribution in [0.5, 0.6) is 0 Å². The van der Waals surface area contributed by atoms with Crippen LogP contribution in [0.1, 0.15) is 0 Å². The summed E-state index contributed by atoms with van der Waals surface area (Å²) in [6, 6.07) is 0. The maximum Gasteiger partial charge on any atom is 0.385 e. The van der Waals surface area contributed by atoms with Crippen LogP contribution in [-0.4, -0.2) is 25.4 Å². The molecule has 0 heterocycles. The molecule has 0 saturated heterocycles. The zero-order valence-electron chi connectivity index (χ0n) is 5.41. The number of hydrogen-bond acceptors (Lipinski definition) is 2. The maximum atomic E-state index is 11.9. The lowest BCUT2D eigenvalue weighted by Crippen LogP contribution is -2.44. The van der Waals surface area contributed by atoms with E-state index in [0.717, 1.165) is 12.6 Å². The lowest BCUT2D eigenvalue weighted by molar-refractivity contribution is -0.179. The zero-order chi connectivity index (χ0) is 9.07. The molecule has 66 valence electrons. The SMILES string of the molecule is CONC(=O)C(F)(F)C(F)F. The molecular formula is C4H5F4NO2. The van der Waals surface area contributed by atoms with Crippen LogP contribution in [0.25, 0.3) is 0 Å². The second-order valence-electron chi connectivity index (χ2n) is 1.56. The summed E-state index contributed by atoms with van der Waals surface area (Å²) in [5, 5.41) is 0. The van der Waals surface area contributed by atoms with Gasteiger partial charge >= 0.3 is 18.3 Å². The second-order valence-corrected chi connectivity index (χ2v) is 1.56. The Bertz CT molecular complexity index is 149. The Morgan fingerprint density at radius 3 is 2.27 bits per heavy atom. The first kappa shape index (κ1) is 10.2. The molecule has 0 bridgehead atoms. The first-order valence-electron chi connectivity index (χ1n) is 2.42. The standard InChI is InChI=1S/C4H5F4NO2/c1-11-9-3(10)4(7,8)2(5)6/h2H,1H3,(H,9,10). The number of nitrogens with one attached hydrogen (secondary N) is 1. The number of alkyl halides is 4. The number of halogens is 4. The minimum Gasteiger partial charge on any atom is -0.277 e. The molecule has 0 rings (SSSR count). The molecule has 0 saturated carbocycles. The Balaban J connectivity index is 4.18. The normalized spacial score (nSPS) is 11.8. The van der Waals surface area contributed by atoms with Gasteiger partial charge in [-0.2, -0.15) is 8.78 Å². The molecule has 0 unspecified atom stereocenters. The summed E-state index contributed by atoms with van der Waals surface area (Å²) in [6.45, 7) is 0. The zero-order valence-corrected chi connectivity index (χ0v) is 5.41. The van der Waals surface area contributed by atoms with Crippen molar-refractivity contribution in [2.45, 2.75) is 12.3 Å². The van der Waals surface area contributed by atoms with Gasteiger partial charge < -0.3 is 0 Å². The van der Waals surface area contributed by atoms with Crippen LogP contribution < -0.4 is 5.48 Å². The summed E-state index contributed by atoms with van der Waals surface area (Å²) < 4.78 is 46.4. The highest BCUT2D eigenvalue weighted by molar-refractivity contribution is 5.82. The first-order valence-corrected chi connectivity index (χ1v) is 2.42. The van der Waals surface area contributed by atoms with Gasteiger partial charge in [0.15, 0.2) is 0 Å². The molecule has 0 aromatic heterocycles. The summed E-state index contributed by atoms with van der Waals surface area (Å²) in [5.74, 6) is -6.86. The van der Waals surface area contributed by atoms with Crippen molar-refractivity contribution < 1.29 is 27.2 Å². The number of rotatable bonds is 3. The van der Waals surface area contributed by atoms with E-state index in [9.17, 15) is 22.4 Å². The van der Waals surface area contributed by atoms with Gasteiger partial charge in [-0.1, -0.05) is 0 Å². The van der Waals surface area contributed by atoms with Crippen LogP contribution in [0.4, 0.5) is 17.6 Å². The van der Waals surface area contributed by atoms with E-state index in [0.29, 0.717) is 0 Å². The summed E-state index contributed by atoms with van der Waals surface area (Å²) >= 11 is 0. The molecule has 1 N–H and O–H groups in total. The molecule has 0 aliphatic rings. The molecule has 0 aromatic rings. The number of hydroxylamine groups is 1. The topological polar surface area (TPSA) is 38.3 Å². The van der Waals surface area contributed by atoms with E-state index in [4.69, 9.17) is 0 Å². The fourth-order valence-corrected chi connectivity index (χ4v) is 0.260. The largest absolute Gasteiger partial charge is 0.385 e. The third-order valence-corrected chi connectivity index (χ3v) is 0.772. The highest BCUT2D eigenvalue weighted by Crippen LogP contribution is 2.22. The first-order chi connectivity index (χ1) is 4.92. The van der Waals surface area contributed by atoms with Crippen molar-refractivity contribution in [3.8, 4) is 0 Å². The van der Waals surface area contributed by atoms with E-state index in [1.165, 1.54) is 0 Å². The third-order valence-electron chi connectivity index (χ3n) is 0.772. The number of carbonyl (C=O) groups is 1. The lowest BCUT2D eigenvalue weighted by Gasteiger charge is -2.12. The van der Waals surface area contributed by atoms with E-state index in [1.807, 2.05) is 0 Å². The molecule has 0 radical (unpaired) electrons. The van der Waals surface area contributed by atoms with E-state index < -0.39 is 18.3 Å². The predicted molar refractivity (Wildman–Crippen MR) is 26.1 cm³/mol. The molecule has 3 nitrogen and oxygen atoms in total. The molecule has 0 aromatic carbocycles. The molecule has 0 aliphatic heterocycles. The van der Waals surface area contributed by atoms with Crippen molar-refractivity contribution in [2.24, 2.45) is 0 Å². The Morgan fingerprint density at radius 2 is 2.00 bits per heavy atom. The van der Waals surface area contributed by atoms with Crippen molar-refractivity contribution in [2.75, 3.05) is 7.11 Å². The Kier molecular flexibility index (Phi) is 3.24. The summed E-state index contributed by atoms with van der Waals surface area (Å²) in [4.78, 5) is 13.8. The van der Waals surface area contributed by atoms with Gasteiger partial charge in [0.05, 0.1) is 7.11 Å². The summed E-state index contributed by atoms with van der Waals surface area (Å²) in [6.07, 6.45) is -4.03. The van der Waals surface area contributed by atoms with Crippen LogP contribution in [0, 0.1) is 0 Å². The molecule has 1 amide bonds. The highest BCUT2D eigenvalue weighted by Gasteiger charge is 2.49. The summed E-state index contributed by atoms with van der Waals surface area (Å²) in [7, 11) is 0.861. The smallest absolute Gasteiger partial charge is 0.277 e. The van der Waals surface area contributed by atoms with Gasteiger partial charge in [0.2, 0.25) is 0 Å². The monoisotopic (exact) mass is 175 g/mol. The van der Waals surface area contributed by atoms with Crippen molar-refractivity contribution in [1.29, 1.82) is 0 Å². The Morgan fingerprint density at radius 1 is 1.55 bits per heavy atom. The van der Waals surface area contributed by atoms with Crippen molar-refractivity contribution in [1.82, 2.24) is 5.48 Å². The summed E-state index contributed by atoms with van der Waals surface area (Å²) in [5.41, 5.74) is 1.10. The van der Waals surface area contributed by atoms with E-state index in [2.05, 4.69) is 4.84 Å². The number of amides is 1.